The van der Waals surface area contributed by atoms with Crippen LogP contribution in [0.4, 0.5) is 0 Å². The molecule has 174 valence electrons. The van der Waals surface area contributed by atoms with E-state index in [4.69, 9.17) is 19.2 Å². The van der Waals surface area contributed by atoms with E-state index < -0.39 is 0 Å². The highest BCUT2D eigenvalue weighted by Crippen LogP contribution is 2.41. The maximum absolute atomic E-state index is 13.5. The summed E-state index contributed by atoms with van der Waals surface area (Å²) in [5, 5.41) is 0.840. The quantitative estimate of drug-likeness (QED) is 0.516. The van der Waals surface area contributed by atoms with Crippen LogP contribution in [0.15, 0.2) is 42.5 Å². The third-order valence-electron chi connectivity index (χ3n) is 6.20. The summed E-state index contributed by atoms with van der Waals surface area (Å²) in [5.74, 6) is 1.58. The third kappa shape index (κ3) is 4.73. The second-order valence-corrected chi connectivity index (χ2v) is 8.26. The molecular weight excluding hydrogens is 418 g/mol. The number of amides is 1. The lowest BCUT2D eigenvalue weighted by Crippen LogP contribution is -2.35. The molecule has 1 fully saturated rings. The first-order chi connectivity index (χ1) is 16.0. The lowest BCUT2D eigenvalue weighted by atomic mass is 10.0. The van der Waals surface area contributed by atoms with E-state index in [1.165, 1.54) is 12.8 Å². The number of methoxy groups -OCH3 is 3. The van der Waals surface area contributed by atoms with E-state index in [1.54, 1.807) is 26.2 Å². The van der Waals surface area contributed by atoms with Crippen LogP contribution in [0, 0.1) is 0 Å². The maximum Gasteiger partial charge on any atom is 0.254 e. The van der Waals surface area contributed by atoms with Crippen molar-refractivity contribution in [1.82, 2.24) is 14.8 Å². The van der Waals surface area contributed by atoms with Crippen LogP contribution < -0.4 is 14.2 Å². The van der Waals surface area contributed by atoms with Gasteiger partial charge in [0.05, 0.1) is 38.1 Å². The molecule has 1 amide bonds. The Bertz CT molecular complexity index is 1120. The molecule has 0 radical (unpaired) electrons. The molecule has 1 aliphatic heterocycles. The Hall–Kier alpha value is -3.32. The van der Waals surface area contributed by atoms with Crippen molar-refractivity contribution in [2.24, 2.45) is 0 Å². The van der Waals surface area contributed by atoms with Gasteiger partial charge < -0.3 is 24.0 Å². The van der Waals surface area contributed by atoms with Gasteiger partial charge in [0.25, 0.3) is 5.91 Å². The predicted molar refractivity (Wildman–Crippen MR) is 129 cm³/mol. The van der Waals surface area contributed by atoms with Crippen molar-refractivity contribution in [3.8, 4) is 28.5 Å². The van der Waals surface area contributed by atoms with Gasteiger partial charge in [-0.25, -0.2) is 4.98 Å². The van der Waals surface area contributed by atoms with Crippen LogP contribution in [0.1, 0.15) is 23.2 Å². The molecule has 0 bridgehead atoms. The predicted octanol–water partition coefficient (Wildman–Crippen LogP) is 4.10. The van der Waals surface area contributed by atoms with Gasteiger partial charge in [-0.05, 0) is 50.2 Å². The van der Waals surface area contributed by atoms with Crippen molar-refractivity contribution < 1.29 is 19.0 Å². The fourth-order valence-corrected chi connectivity index (χ4v) is 4.33. The highest BCUT2D eigenvalue weighted by Gasteiger charge is 2.21. The molecule has 1 aliphatic rings. The first-order valence-corrected chi connectivity index (χ1v) is 11.2. The number of aromatic nitrogens is 1. The molecule has 33 heavy (non-hydrogen) atoms. The molecule has 0 atom stereocenters. The first-order valence-electron chi connectivity index (χ1n) is 11.2. The van der Waals surface area contributed by atoms with Crippen LogP contribution >= 0.6 is 0 Å². The van der Waals surface area contributed by atoms with Gasteiger partial charge in [0.1, 0.15) is 0 Å². The zero-order valence-electron chi connectivity index (χ0n) is 19.8. The maximum atomic E-state index is 13.5. The Morgan fingerprint density at radius 1 is 1.00 bits per heavy atom. The SMILES string of the molecule is COc1cc(-c2cc(C(=O)N(C)CCN3CCCC3)c3ccccc3n2)cc(OC)c1OC. The van der Waals surface area contributed by atoms with Gasteiger partial charge in [0.2, 0.25) is 5.75 Å². The molecule has 0 saturated carbocycles. The van der Waals surface area contributed by atoms with E-state index in [9.17, 15) is 4.79 Å². The summed E-state index contributed by atoms with van der Waals surface area (Å²) in [6.45, 7) is 3.82. The second kappa shape index (κ2) is 10.1. The van der Waals surface area contributed by atoms with E-state index in [0.717, 1.165) is 36.1 Å². The first kappa shape index (κ1) is 22.9. The summed E-state index contributed by atoms with van der Waals surface area (Å²) >= 11 is 0. The van der Waals surface area contributed by atoms with Crippen LogP contribution in [0.5, 0.6) is 17.2 Å². The fraction of sp³-hybridized carbons (Fsp3) is 0.385. The summed E-state index contributed by atoms with van der Waals surface area (Å²) in [7, 11) is 6.61. The van der Waals surface area contributed by atoms with E-state index in [0.29, 0.717) is 35.1 Å². The van der Waals surface area contributed by atoms with Crippen LogP contribution in [-0.2, 0) is 0 Å². The molecule has 0 N–H and O–H groups in total. The van der Waals surface area contributed by atoms with E-state index >= 15 is 0 Å². The van der Waals surface area contributed by atoms with Crippen molar-refractivity contribution in [3.63, 3.8) is 0 Å². The normalized spacial score (nSPS) is 13.8. The summed E-state index contributed by atoms with van der Waals surface area (Å²) in [6, 6.07) is 13.3. The minimum absolute atomic E-state index is 0.0125. The number of carbonyl (C=O) groups excluding carboxylic acids is 1. The van der Waals surface area contributed by atoms with Gasteiger partial charge in [-0.2, -0.15) is 0 Å². The average molecular weight is 450 g/mol. The van der Waals surface area contributed by atoms with Crippen molar-refractivity contribution in [1.29, 1.82) is 0 Å². The smallest absolute Gasteiger partial charge is 0.254 e. The van der Waals surface area contributed by atoms with Crippen LogP contribution in [0.2, 0.25) is 0 Å². The number of ether oxygens (including phenoxy) is 3. The number of para-hydroxylation sites is 1. The van der Waals surface area contributed by atoms with Crippen molar-refractivity contribution in [3.05, 3.63) is 48.0 Å². The molecule has 7 heteroatoms. The zero-order valence-corrected chi connectivity index (χ0v) is 19.8. The number of hydrogen-bond donors (Lipinski definition) is 0. The molecule has 1 saturated heterocycles. The number of likely N-dealkylation sites (tertiary alicyclic amines) is 1. The highest BCUT2D eigenvalue weighted by atomic mass is 16.5. The van der Waals surface area contributed by atoms with Crippen LogP contribution in [-0.4, -0.2) is 75.2 Å². The van der Waals surface area contributed by atoms with Gasteiger partial charge >= 0.3 is 0 Å². The molecular formula is C26H31N3O4. The Kier molecular flexibility index (Phi) is 6.99. The molecule has 4 rings (SSSR count). The second-order valence-electron chi connectivity index (χ2n) is 8.26. The summed E-state index contributed by atoms with van der Waals surface area (Å²) in [6.07, 6.45) is 2.48. The summed E-state index contributed by atoms with van der Waals surface area (Å²) < 4.78 is 16.5. The number of nitrogens with zero attached hydrogens (tertiary/aromatic N) is 3. The number of hydrogen-bond acceptors (Lipinski definition) is 6. The Morgan fingerprint density at radius 2 is 1.67 bits per heavy atom. The molecule has 2 heterocycles. The van der Waals surface area contributed by atoms with Crippen LogP contribution in [0.25, 0.3) is 22.2 Å². The molecule has 3 aromatic rings. The molecule has 2 aromatic carbocycles. The average Bonchev–Trinajstić information content (AvgIpc) is 3.38. The van der Waals surface area contributed by atoms with Crippen molar-refractivity contribution >= 4 is 16.8 Å². The van der Waals surface area contributed by atoms with E-state index in [2.05, 4.69) is 4.90 Å². The van der Waals surface area contributed by atoms with E-state index in [-0.39, 0.29) is 5.91 Å². The van der Waals surface area contributed by atoms with Gasteiger partial charge in [-0.3, -0.25) is 4.79 Å². The third-order valence-corrected chi connectivity index (χ3v) is 6.20. The number of rotatable bonds is 8. The molecule has 0 unspecified atom stereocenters. The van der Waals surface area contributed by atoms with E-state index in [1.807, 2.05) is 49.5 Å². The number of carbonyl (C=O) groups is 1. The lowest BCUT2D eigenvalue weighted by Gasteiger charge is -2.22. The minimum atomic E-state index is -0.0125. The summed E-state index contributed by atoms with van der Waals surface area (Å²) in [4.78, 5) is 22.6. The van der Waals surface area contributed by atoms with Crippen molar-refractivity contribution in [2.75, 3.05) is 54.6 Å². The molecule has 1 aromatic heterocycles. The monoisotopic (exact) mass is 449 g/mol. The Balaban J connectivity index is 1.73. The molecule has 0 spiro atoms. The topological polar surface area (TPSA) is 64.1 Å². The fourth-order valence-electron chi connectivity index (χ4n) is 4.33. The highest BCUT2D eigenvalue weighted by molar-refractivity contribution is 6.07. The standard InChI is InChI=1S/C26H31N3O4/c1-28(13-14-29-11-7-8-12-29)26(30)20-17-22(27-21-10-6-5-9-19(20)21)18-15-23(31-2)25(33-4)24(16-18)32-3/h5-6,9-10,15-17H,7-8,11-14H2,1-4H3. The number of benzene rings is 2. The largest absolute Gasteiger partial charge is 0.493 e. The van der Waals surface area contributed by atoms with Crippen LogP contribution in [0.3, 0.4) is 0 Å². The van der Waals surface area contributed by atoms with Gasteiger partial charge in [0, 0.05) is 31.1 Å². The minimum Gasteiger partial charge on any atom is -0.493 e. The number of fused-ring (bicyclic) bond motifs is 1. The summed E-state index contributed by atoms with van der Waals surface area (Å²) in [5.41, 5.74) is 2.85. The Labute approximate surface area is 194 Å². The Morgan fingerprint density at radius 3 is 2.30 bits per heavy atom. The molecule has 7 nitrogen and oxygen atoms in total. The van der Waals surface area contributed by atoms with Crippen molar-refractivity contribution in [2.45, 2.75) is 12.8 Å². The molecule has 0 aliphatic carbocycles. The number of pyridine rings is 1. The van der Waals surface area contributed by atoms with Gasteiger partial charge in [-0.1, -0.05) is 18.2 Å². The zero-order chi connectivity index (χ0) is 23.4. The van der Waals surface area contributed by atoms with Gasteiger partial charge in [-0.15, -0.1) is 0 Å². The lowest BCUT2D eigenvalue weighted by molar-refractivity contribution is 0.0784. The van der Waals surface area contributed by atoms with Gasteiger partial charge in [0.15, 0.2) is 11.5 Å². The number of likely N-dealkylation sites (N-methyl/N-ethyl adjacent to an activating group) is 1.